The zero-order valence-electron chi connectivity index (χ0n) is 14.8. The number of hydrogen-bond acceptors (Lipinski definition) is 3. The molecular weight excluding hydrogens is 298 g/mol. The molecule has 2 rings (SSSR count). The number of rotatable bonds is 10. The normalized spacial score (nSPS) is 12.3. The van der Waals surface area contributed by atoms with Crippen LogP contribution in [0.4, 0.5) is 0 Å². The van der Waals surface area contributed by atoms with Crippen molar-refractivity contribution in [3.8, 4) is 5.75 Å². The topological polar surface area (TPSA) is 32.7 Å². The molecule has 0 spiro atoms. The van der Waals surface area contributed by atoms with Gasteiger partial charge in [-0.05, 0) is 43.1 Å². The summed E-state index contributed by atoms with van der Waals surface area (Å²) in [4.78, 5) is 2.24. The minimum atomic E-state index is -0.437. The van der Waals surface area contributed by atoms with Crippen LogP contribution in [0.3, 0.4) is 0 Å². The molecule has 0 heterocycles. The van der Waals surface area contributed by atoms with E-state index in [1.54, 1.807) is 0 Å². The first-order valence-electron chi connectivity index (χ1n) is 8.82. The highest BCUT2D eigenvalue weighted by Crippen LogP contribution is 2.21. The molecule has 0 amide bonds. The number of nitrogens with zero attached hydrogens (tertiary/aromatic N) is 1. The molecule has 2 aromatic carbocycles. The first-order chi connectivity index (χ1) is 11.7. The second-order valence-electron chi connectivity index (χ2n) is 6.30. The molecule has 0 bridgehead atoms. The zero-order chi connectivity index (χ0) is 17.2. The summed E-state index contributed by atoms with van der Waals surface area (Å²) in [6, 6.07) is 18.2. The van der Waals surface area contributed by atoms with Gasteiger partial charge in [-0.2, -0.15) is 0 Å². The predicted molar refractivity (Wildman–Crippen MR) is 99.2 cm³/mol. The third kappa shape index (κ3) is 6.34. The van der Waals surface area contributed by atoms with Gasteiger partial charge in [0.15, 0.2) is 0 Å². The van der Waals surface area contributed by atoms with Crippen LogP contribution in [0, 0.1) is 0 Å². The lowest BCUT2D eigenvalue weighted by Gasteiger charge is -2.19. The summed E-state index contributed by atoms with van der Waals surface area (Å²) in [5.74, 6) is 0.876. The maximum Gasteiger partial charge on any atom is 0.119 e. The van der Waals surface area contributed by atoms with E-state index in [4.69, 9.17) is 4.74 Å². The van der Waals surface area contributed by atoms with Gasteiger partial charge < -0.3 is 14.7 Å². The Morgan fingerprint density at radius 3 is 2.42 bits per heavy atom. The van der Waals surface area contributed by atoms with Crippen molar-refractivity contribution in [1.82, 2.24) is 4.90 Å². The molecule has 0 aliphatic carbocycles. The number of benzene rings is 2. The van der Waals surface area contributed by atoms with Crippen molar-refractivity contribution in [2.24, 2.45) is 0 Å². The van der Waals surface area contributed by atoms with Gasteiger partial charge in [0, 0.05) is 13.1 Å². The molecule has 1 unspecified atom stereocenters. The molecule has 0 aromatic heterocycles. The predicted octanol–water partition coefficient (Wildman–Crippen LogP) is 4.42. The number of unbranched alkanes of at least 4 members (excludes halogenated alkanes) is 1. The maximum absolute atomic E-state index is 10.4. The largest absolute Gasteiger partial charge is 0.494 e. The molecule has 0 saturated carbocycles. The fourth-order valence-electron chi connectivity index (χ4n) is 2.60. The SMILES string of the molecule is CCCCOc1ccc(C(O)CCN(C)Cc2ccccc2)cc1. The minimum Gasteiger partial charge on any atom is -0.494 e. The van der Waals surface area contributed by atoms with Gasteiger partial charge in [0.25, 0.3) is 0 Å². The standard InChI is InChI=1S/C21H29NO2/c1-3-4-16-24-20-12-10-19(11-13-20)21(23)14-15-22(2)17-18-8-6-5-7-9-18/h5-13,21,23H,3-4,14-17H2,1-2H3. The summed E-state index contributed by atoms with van der Waals surface area (Å²) in [6.45, 7) is 4.66. The lowest BCUT2D eigenvalue weighted by Crippen LogP contribution is -2.20. The van der Waals surface area contributed by atoms with Gasteiger partial charge in [0.1, 0.15) is 5.75 Å². The van der Waals surface area contributed by atoms with Crippen molar-refractivity contribution in [1.29, 1.82) is 0 Å². The van der Waals surface area contributed by atoms with Crippen LogP contribution in [0.5, 0.6) is 5.75 Å². The number of aliphatic hydroxyl groups excluding tert-OH is 1. The maximum atomic E-state index is 10.4. The average Bonchev–Trinajstić information content (AvgIpc) is 2.61. The van der Waals surface area contributed by atoms with E-state index in [0.29, 0.717) is 0 Å². The van der Waals surface area contributed by atoms with E-state index in [0.717, 1.165) is 50.3 Å². The lowest BCUT2D eigenvalue weighted by molar-refractivity contribution is 0.147. The van der Waals surface area contributed by atoms with Gasteiger partial charge in [-0.1, -0.05) is 55.8 Å². The van der Waals surface area contributed by atoms with Crippen molar-refractivity contribution in [2.75, 3.05) is 20.2 Å². The Labute approximate surface area is 145 Å². The Kier molecular flexibility index (Phi) is 7.80. The van der Waals surface area contributed by atoms with Gasteiger partial charge in [-0.25, -0.2) is 0 Å². The summed E-state index contributed by atoms with van der Waals surface area (Å²) in [6.07, 6.45) is 2.48. The second kappa shape index (κ2) is 10.1. The van der Waals surface area contributed by atoms with E-state index < -0.39 is 6.10 Å². The number of ether oxygens (including phenoxy) is 1. The molecule has 0 fully saturated rings. The van der Waals surface area contributed by atoms with Gasteiger partial charge in [-0.3, -0.25) is 0 Å². The molecule has 3 nitrogen and oxygen atoms in total. The van der Waals surface area contributed by atoms with Crippen LogP contribution in [-0.2, 0) is 6.54 Å². The Hall–Kier alpha value is -1.84. The van der Waals surface area contributed by atoms with Gasteiger partial charge in [-0.15, -0.1) is 0 Å². The van der Waals surface area contributed by atoms with Gasteiger partial charge in [0.05, 0.1) is 12.7 Å². The third-order valence-corrected chi connectivity index (χ3v) is 4.11. The molecule has 0 aliphatic rings. The molecule has 2 aromatic rings. The van der Waals surface area contributed by atoms with Crippen LogP contribution >= 0.6 is 0 Å². The smallest absolute Gasteiger partial charge is 0.119 e. The molecule has 24 heavy (non-hydrogen) atoms. The molecule has 0 radical (unpaired) electrons. The molecule has 130 valence electrons. The summed E-state index contributed by atoms with van der Waals surface area (Å²) in [7, 11) is 2.09. The molecule has 1 atom stereocenters. The molecule has 1 N–H and O–H groups in total. The Morgan fingerprint density at radius 2 is 1.75 bits per heavy atom. The second-order valence-corrected chi connectivity index (χ2v) is 6.30. The summed E-state index contributed by atoms with van der Waals surface area (Å²) >= 11 is 0. The third-order valence-electron chi connectivity index (χ3n) is 4.11. The van der Waals surface area contributed by atoms with Crippen molar-refractivity contribution >= 4 is 0 Å². The van der Waals surface area contributed by atoms with Gasteiger partial charge >= 0.3 is 0 Å². The van der Waals surface area contributed by atoms with Crippen LogP contribution in [0.25, 0.3) is 0 Å². The van der Waals surface area contributed by atoms with Crippen molar-refractivity contribution in [2.45, 2.75) is 38.8 Å². The van der Waals surface area contributed by atoms with E-state index in [-0.39, 0.29) is 0 Å². The minimum absolute atomic E-state index is 0.437. The summed E-state index contributed by atoms with van der Waals surface area (Å²) in [5, 5.41) is 10.4. The fourth-order valence-corrected chi connectivity index (χ4v) is 2.60. The van der Waals surface area contributed by atoms with Crippen LogP contribution in [-0.4, -0.2) is 30.2 Å². The van der Waals surface area contributed by atoms with Crippen LogP contribution in [0.1, 0.15) is 43.4 Å². The van der Waals surface area contributed by atoms with Crippen molar-refractivity contribution in [3.05, 3.63) is 65.7 Å². The lowest BCUT2D eigenvalue weighted by atomic mass is 10.1. The first kappa shape index (κ1) is 18.5. The summed E-state index contributed by atoms with van der Waals surface area (Å²) in [5.41, 5.74) is 2.24. The molecule has 3 heteroatoms. The van der Waals surface area contributed by atoms with Crippen LogP contribution < -0.4 is 4.74 Å². The van der Waals surface area contributed by atoms with E-state index >= 15 is 0 Å². The van der Waals surface area contributed by atoms with Crippen molar-refractivity contribution < 1.29 is 9.84 Å². The van der Waals surface area contributed by atoms with E-state index in [9.17, 15) is 5.11 Å². The Bertz CT molecular complexity index is 568. The van der Waals surface area contributed by atoms with E-state index in [1.807, 2.05) is 30.3 Å². The number of hydrogen-bond donors (Lipinski definition) is 1. The highest BCUT2D eigenvalue weighted by atomic mass is 16.5. The average molecular weight is 327 g/mol. The number of aliphatic hydroxyl groups is 1. The first-order valence-corrected chi connectivity index (χ1v) is 8.82. The Morgan fingerprint density at radius 1 is 1.04 bits per heavy atom. The van der Waals surface area contributed by atoms with E-state index in [1.165, 1.54) is 5.56 Å². The van der Waals surface area contributed by atoms with Crippen molar-refractivity contribution in [3.63, 3.8) is 0 Å². The monoisotopic (exact) mass is 327 g/mol. The highest BCUT2D eigenvalue weighted by Gasteiger charge is 2.09. The molecule has 0 saturated heterocycles. The van der Waals surface area contributed by atoms with Gasteiger partial charge in [0.2, 0.25) is 0 Å². The molecule has 0 aliphatic heterocycles. The van der Waals surface area contributed by atoms with Crippen LogP contribution in [0.2, 0.25) is 0 Å². The fraction of sp³-hybridized carbons (Fsp3) is 0.429. The summed E-state index contributed by atoms with van der Waals surface area (Å²) < 4.78 is 5.66. The van der Waals surface area contributed by atoms with E-state index in [2.05, 4.69) is 43.1 Å². The highest BCUT2D eigenvalue weighted by molar-refractivity contribution is 5.28. The zero-order valence-corrected chi connectivity index (χ0v) is 14.8. The van der Waals surface area contributed by atoms with Crippen LogP contribution in [0.15, 0.2) is 54.6 Å². The molecular formula is C21H29NO2. The Balaban J connectivity index is 1.76. The quantitative estimate of drug-likeness (QED) is 0.656.